The predicted molar refractivity (Wildman–Crippen MR) is 86.9 cm³/mol. The van der Waals surface area contributed by atoms with Crippen molar-refractivity contribution >= 4 is 21.4 Å². The third-order valence-corrected chi connectivity index (χ3v) is 5.60. The molecule has 1 unspecified atom stereocenters. The highest BCUT2D eigenvalue weighted by Gasteiger charge is 2.29. The molecule has 122 valence electrons. The average Bonchev–Trinajstić information content (AvgIpc) is 2.83. The van der Waals surface area contributed by atoms with Crippen LogP contribution in [0.5, 0.6) is 0 Å². The van der Waals surface area contributed by atoms with Gasteiger partial charge in [-0.15, -0.1) is 0 Å². The van der Waals surface area contributed by atoms with E-state index in [-0.39, 0.29) is 23.5 Å². The van der Waals surface area contributed by atoms with Crippen molar-refractivity contribution in [3.8, 4) is 0 Å². The molecule has 1 fully saturated rings. The van der Waals surface area contributed by atoms with Crippen molar-refractivity contribution in [2.45, 2.75) is 32.2 Å². The normalized spacial score (nSPS) is 19.8. The van der Waals surface area contributed by atoms with Gasteiger partial charge in [-0.1, -0.05) is 13.3 Å². The zero-order valence-electron chi connectivity index (χ0n) is 13.1. The fraction of sp³-hybridized carbons (Fsp3) is 0.600. The van der Waals surface area contributed by atoms with Crippen molar-refractivity contribution in [1.29, 1.82) is 0 Å². The minimum Gasteiger partial charge on any atom is -0.373 e. The molecule has 1 aliphatic rings. The van der Waals surface area contributed by atoms with Crippen LogP contribution in [-0.4, -0.2) is 50.4 Å². The van der Waals surface area contributed by atoms with Gasteiger partial charge in [-0.25, -0.2) is 13.4 Å². The van der Waals surface area contributed by atoms with Gasteiger partial charge in [-0.3, -0.25) is 4.79 Å². The first-order chi connectivity index (χ1) is 10.4. The van der Waals surface area contributed by atoms with Crippen molar-refractivity contribution < 1.29 is 13.2 Å². The molecule has 0 aliphatic carbocycles. The highest BCUT2D eigenvalue weighted by molar-refractivity contribution is 7.91. The summed E-state index contributed by atoms with van der Waals surface area (Å²) >= 11 is 0. The summed E-state index contributed by atoms with van der Waals surface area (Å²) in [6.45, 7) is 3.09. The van der Waals surface area contributed by atoms with Gasteiger partial charge in [0.1, 0.15) is 5.69 Å². The zero-order valence-corrected chi connectivity index (χ0v) is 13.9. The number of unbranched alkanes of at least 4 members (excludes halogenated alkanes) is 1. The van der Waals surface area contributed by atoms with E-state index < -0.39 is 9.84 Å². The number of anilines is 1. The number of nitrogens with zero attached hydrogens (tertiary/aromatic N) is 2. The van der Waals surface area contributed by atoms with E-state index in [2.05, 4.69) is 22.1 Å². The molecule has 0 bridgehead atoms. The summed E-state index contributed by atoms with van der Waals surface area (Å²) in [5, 5.41) is 2.74. The Bertz CT molecular complexity index is 613. The van der Waals surface area contributed by atoms with E-state index in [1.807, 2.05) is 13.1 Å². The van der Waals surface area contributed by atoms with Crippen LogP contribution in [0.1, 0.15) is 36.7 Å². The Balaban J connectivity index is 1.94. The van der Waals surface area contributed by atoms with Gasteiger partial charge >= 0.3 is 0 Å². The predicted octanol–water partition coefficient (Wildman–Crippen LogP) is 1.23. The molecular formula is C15H23N3O3S. The maximum Gasteiger partial charge on any atom is 0.270 e. The fourth-order valence-electron chi connectivity index (χ4n) is 2.44. The van der Waals surface area contributed by atoms with Crippen LogP contribution < -0.4 is 10.2 Å². The first-order valence-corrected chi connectivity index (χ1v) is 9.42. The molecule has 1 aliphatic heterocycles. The monoisotopic (exact) mass is 325 g/mol. The molecule has 7 heteroatoms. The van der Waals surface area contributed by atoms with Crippen LogP contribution in [0.4, 0.5) is 5.69 Å². The second kappa shape index (κ2) is 7.09. The average molecular weight is 325 g/mol. The quantitative estimate of drug-likeness (QED) is 0.851. The molecule has 1 amide bonds. The van der Waals surface area contributed by atoms with Crippen molar-refractivity contribution in [1.82, 2.24) is 10.3 Å². The lowest BCUT2D eigenvalue weighted by Crippen LogP contribution is -2.36. The van der Waals surface area contributed by atoms with Crippen molar-refractivity contribution in [2.75, 3.05) is 30.0 Å². The first-order valence-electron chi connectivity index (χ1n) is 7.60. The Morgan fingerprint density at radius 1 is 1.45 bits per heavy atom. The Hall–Kier alpha value is -1.63. The van der Waals surface area contributed by atoms with E-state index in [0.29, 0.717) is 12.1 Å². The van der Waals surface area contributed by atoms with Gasteiger partial charge in [0, 0.05) is 19.6 Å². The van der Waals surface area contributed by atoms with Crippen molar-refractivity contribution in [3.05, 3.63) is 24.0 Å². The number of pyridine rings is 1. The summed E-state index contributed by atoms with van der Waals surface area (Å²) in [4.78, 5) is 18.4. The van der Waals surface area contributed by atoms with E-state index in [4.69, 9.17) is 0 Å². The molecule has 22 heavy (non-hydrogen) atoms. The molecule has 1 aromatic heterocycles. The smallest absolute Gasteiger partial charge is 0.270 e. The number of amides is 1. The molecule has 0 radical (unpaired) electrons. The Labute approximate surface area is 131 Å². The second-order valence-electron chi connectivity index (χ2n) is 5.75. The summed E-state index contributed by atoms with van der Waals surface area (Å²) in [6.07, 6.45) is 4.39. The molecule has 2 rings (SSSR count). The van der Waals surface area contributed by atoms with Crippen LogP contribution >= 0.6 is 0 Å². The fourth-order valence-corrected chi connectivity index (χ4v) is 4.11. The minimum absolute atomic E-state index is 0.0244. The maximum atomic E-state index is 12.1. The van der Waals surface area contributed by atoms with Crippen LogP contribution in [0.2, 0.25) is 0 Å². The summed E-state index contributed by atoms with van der Waals surface area (Å²) in [5.41, 5.74) is 1.28. The number of nitrogens with one attached hydrogen (secondary N) is 1. The van der Waals surface area contributed by atoms with Gasteiger partial charge in [0.05, 0.1) is 23.4 Å². The summed E-state index contributed by atoms with van der Waals surface area (Å²) < 4.78 is 22.8. The van der Waals surface area contributed by atoms with E-state index in [1.54, 1.807) is 12.3 Å². The highest BCUT2D eigenvalue weighted by Crippen LogP contribution is 2.14. The molecule has 1 saturated heterocycles. The standard InChI is InChI=1S/C15H23N3O3S/c1-3-4-8-18(2)13-5-6-14(16-10-13)15(19)17-12-7-9-22(20,21)11-12/h5-6,10,12H,3-4,7-9,11H2,1-2H3,(H,17,19). The van der Waals surface area contributed by atoms with Crippen LogP contribution in [0.15, 0.2) is 18.3 Å². The maximum absolute atomic E-state index is 12.1. The number of hydrogen-bond donors (Lipinski definition) is 1. The molecule has 1 atom stereocenters. The third kappa shape index (κ3) is 4.43. The number of carbonyl (C=O) groups is 1. The largest absolute Gasteiger partial charge is 0.373 e. The summed E-state index contributed by atoms with van der Waals surface area (Å²) in [7, 11) is -0.996. The number of sulfone groups is 1. The first kappa shape index (κ1) is 16.7. The van der Waals surface area contributed by atoms with Crippen molar-refractivity contribution in [2.24, 2.45) is 0 Å². The van der Waals surface area contributed by atoms with Gasteiger partial charge in [0.15, 0.2) is 9.84 Å². The number of carbonyl (C=O) groups excluding carboxylic acids is 1. The van der Waals surface area contributed by atoms with Gasteiger partial charge in [-0.05, 0) is 25.0 Å². The number of aromatic nitrogens is 1. The van der Waals surface area contributed by atoms with Crippen LogP contribution in [-0.2, 0) is 9.84 Å². The van der Waals surface area contributed by atoms with Crippen LogP contribution in [0.3, 0.4) is 0 Å². The van der Waals surface area contributed by atoms with Gasteiger partial charge in [0.25, 0.3) is 5.91 Å². The molecule has 1 aromatic rings. The lowest BCUT2D eigenvalue weighted by molar-refractivity contribution is 0.0936. The molecule has 0 aromatic carbocycles. The van der Waals surface area contributed by atoms with Gasteiger partial charge in [0.2, 0.25) is 0 Å². The molecular weight excluding hydrogens is 302 g/mol. The van der Waals surface area contributed by atoms with E-state index in [1.165, 1.54) is 0 Å². The summed E-state index contributed by atoms with van der Waals surface area (Å²) in [6, 6.07) is 3.24. The third-order valence-electron chi connectivity index (χ3n) is 3.84. The van der Waals surface area contributed by atoms with E-state index in [0.717, 1.165) is 25.1 Å². The SMILES string of the molecule is CCCCN(C)c1ccc(C(=O)NC2CCS(=O)(=O)C2)nc1. The minimum atomic E-state index is -2.99. The number of rotatable bonds is 6. The van der Waals surface area contributed by atoms with Crippen LogP contribution in [0, 0.1) is 0 Å². The molecule has 1 N–H and O–H groups in total. The molecule has 2 heterocycles. The highest BCUT2D eigenvalue weighted by atomic mass is 32.2. The number of hydrogen-bond acceptors (Lipinski definition) is 5. The second-order valence-corrected chi connectivity index (χ2v) is 7.98. The Kier molecular flexibility index (Phi) is 5.39. The van der Waals surface area contributed by atoms with Gasteiger partial charge < -0.3 is 10.2 Å². The lowest BCUT2D eigenvalue weighted by atomic mass is 10.2. The van der Waals surface area contributed by atoms with E-state index >= 15 is 0 Å². The Morgan fingerprint density at radius 3 is 2.77 bits per heavy atom. The summed E-state index contributed by atoms with van der Waals surface area (Å²) in [5.74, 6) is -0.145. The lowest BCUT2D eigenvalue weighted by Gasteiger charge is -2.18. The molecule has 0 spiro atoms. The van der Waals surface area contributed by atoms with Crippen molar-refractivity contribution in [3.63, 3.8) is 0 Å². The topological polar surface area (TPSA) is 79.4 Å². The molecule has 0 saturated carbocycles. The van der Waals surface area contributed by atoms with Gasteiger partial charge in [-0.2, -0.15) is 0 Å². The van der Waals surface area contributed by atoms with E-state index in [9.17, 15) is 13.2 Å². The molecule has 6 nitrogen and oxygen atoms in total. The zero-order chi connectivity index (χ0) is 16.2. The Morgan fingerprint density at radius 2 is 2.23 bits per heavy atom. The van der Waals surface area contributed by atoms with Crippen LogP contribution in [0.25, 0.3) is 0 Å².